The fraction of sp³-hybridized carbons (Fsp3) is 0.273. The largest absolute Gasteiger partial charge is 0.269 e. The number of rotatable bonds is 4. The molecule has 0 radical (unpaired) electrons. The molecule has 3 nitrogen and oxygen atoms in total. The number of hydrogen-bond acceptors (Lipinski definition) is 2. The first-order valence-corrected chi connectivity index (χ1v) is 4.50. The number of allylic oxidation sites excluding steroid dienone is 1. The Kier molecular flexibility index (Phi) is 3.40. The molecule has 74 valence electrons. The van der Waals surface area contributed by atoms with Crippen LogP contribution in [-0.2, 0) is 0 Å². The van der Waals surface area contributed by atoms with E-state index in [0.29, 0.717) is 5.92 Å². The molecule has 0 spiro atoms. The molecule has 1 aromatic rings. The van der Waals surface area contributed by atoms with Gasteiger partial charge in [-0.1, -0.05) is 25.1 Å². The fourth-order valence-corrected chi connectivity index (χ4v) is 1.31. The fourth-order valence-electron chi connectivity index (χ4n) is 1.31. The van der Waals surface area contributed by atoms with Crippen molar-refractivity contribution in [3.8, 4) is 0 Å². The van der Waals surface area contributed by atoms with Crippen molar-refractivity contribution in [3.63, 3.8) is 0 Å². The summed E-state index contributed by atoms with van der Waals surface area (Å²) in [5.74, 6) is 0.369. The van der Waals surface area contributed by atoms with Gasteiger partial charge in [0.1, 0.15) is 0 Å². The van der Waals surface area contributed by atoms with Crippen LogP contribution in [0.15, 0.2) is 36.9 Å². The molecule has 0 saturated carbocycles. The van der Waals surface area contributed by atoms with Gasteiger partial charge >= 0.3 is 0 Å². The lowest BCUT2D eigenvalue weighted by atomic mass is 9.98. The molecule has 0 aliphatic carbocycles. The van der Waals surface area contributed by atoms with Gasteiger partial charge in [0.2, 0.25) is 0 Å². The Hall–Kier alpha value is -1.64. The van der Waals surface area contributed by atoms with E-state index in [-0.39, 0.29) is 10.6 Å². The highest BCUT2D eigenvalue weighted by molar-refractivity contribution is 5.34. The minimum absolute atomic E-state index is 0.138. The number of benzene rings is 1. The highest BCUT2D eigenvalue weighted by Gasteiger charge is 2.07. The van der Waals surface area contributed by atoms with Crippen molar-refractivity contribution in [3.05, 3.63) is 52.6 Å². The summed E-state index contributed by atoms with van der Waals surface area (Å²) in [5.41, 5.74) is 1.25. The van der Waals surface area contributed by atoms with Gasteiger partial charge < -0.3 is 0 Å². The van der Waals surface area contributed by atoms with Gasteiger partial charge in [-0.25, -0.2) is 0 Å². The van der Waals surface area contributed by atoms with Crippen molar-refractivity contribution in [2.24, 2.45) is 0 Å². The maximum atomic E-state index is 10.4. The molecule has 3 heteroatoms. The third kappa shape index (κ3) is 2.42. The molecule has 0 aliphatic rings. The highest BCUT2D eigenvalue weighted by atomic mass is 16.6. The first kappa shape index (κ1) is 10.4. The number of nitro benzene ring substituents is 1. The Morgan fingerprint density at radius 2 is 2.07 bits per heavy atom. The van der Waals surface area contributed by atoms with Crippen LogP contribution in [0, 0.1) is 10.1 Å². The van der Waals surface area contributed by atoms with Crippen LogP contribution in [0.1, 0.15) is 24.8 Å². The van der Waals surface area contributed by atoms with Crippen LogP contribution in [0.25, 0.3) is 0 Å². The Morgan fingerprint density at radius 1 is 1.50 bits per heavy atom. The molecule has 0 N–H and O–H groups in total. The second-order valence-corrected chi connectivity index (χ2v) is 3.27. The maximum absolute atomic E-state index is 10.4. The van der Waals surface area contributed by atoms with E-state index in [4.69, 9.17) is 0 Å². The Morgan fingerprint density at radius 3 is 2.50 bits per heavy atom. The van der Waals surface area contributed by atoms with Gasteiger partial charge in [-0.15, -0.1) is 6.58 Å². The van der Waals surface area contributed by atoms with E-state index in [9.17, 15) is 10.1 Å². The summed E-state index contributed by atoms with van der Waals surface area (Å²) < 4.78 is 0. The summed E-state index contributed by atoms with van der Waals surface area (Å²) in [7, 11) is 0. The Balaban J connectivity index is 2.82. The van der Waals surface area contributed by atoms with Crippen LogP contribution in [-0.4, -0.2) is 4.92 Å². The van der Waals surface area contributed by atoms with E-state index >= 15 is 0 Å². The van der Waals surface area contributed by atoms with Crippen LogP contribution >= 0.6 is 0 Å². The van der Waals surface area contributed by atoms with E-state index < -0.39 is 0 Å². The molecule has 0 bridgehead atoms. The van der Waals surface area contributed by atoms with E-state index in [2.05, 4.69) is 13.5 Å². The molecule has 1 unspecified atom stereocenters. The van der Waals surface area contributed by atoms with E-state index in [1.165, 1.54) is 12.1 Å². The Labute approximate surface area is 83.2 Å². The van der Waals surface area contributed by atoms with Crippen LogP contribution in [0.4, 0.5) is 5.69 Å². The lowest BCUT2D eigenvalue weighted by Gasteiger charge is -2.07. The summed E-state index contributed by atoms with van der Waals surface area (Å²) in [6, 6.07) is 6.67. The second kappa shape index (κ2) is 4.56. The second-order valence-electron chi connectivity index (χ2n) is 3.27. The summed E-state index contributed by atoms with van der Waals surface area (Å²) in [5, 5.41) is 10.4. The lowest BCUT2D eigenvalue weighted by Crippen LogP contribution is -1.93. The van der Waals surface area contributed by atoms with E-state index in [0.717, 1.165) is 12.0 Å². The number of hydrogen-bond donors (Lipinski definition) is 0. The molecule has 1 atom stereocenters. The van der Waals surface area contributed by atoms with Crippen LogP contribution in [0.3, 0.4) is 0 Å². The zero-order chi connectivity index (χ0) is 10.6. The van der Waals surface area contributed by atoms with Crippen molar-refractivity contribution >= 4 is 5.69 Å². The van der Waals surface area contributed by atoms with E-state index in [1.807, 2.05) is 6.08 Å². The monoisotopic (exact) mass is 191 g/mol. The first-order valence-electron chi connectivity index (χ1n) is 4.50. The smallest absolute Gasteiger partial charge is 0.258 e. The lowest BCUT2D eigenvalue weighted by molar-refractivity contribution is -0.384. The summed E-state index contributed by atoms with van der Waals surface area (Å²) >= 11 is 0. The first-order chi connectivity index (χ1) is 6.65. The number of nitro groups is 1. The maximum Gasteiger partial charge on any atom is 0.269 e. The molecule has 0 fully saturated rings. The van der Waals surface area contributed by atoms with Crippen LogP contribution in [0.5, 0.6) is 0 Å². The van der Waals surface area contributed by atoms with Crippen molar-refractivity contribution in [1.29, 1.82) is 0 Å². The quantitative estimate of drug-likeness (QED) is 0.416. The van der Waals surface area contributed by atoms with Gasteiger partial charge in [0.05, 0.1) is 4.92 Å². The van der Waals surface area contributed by atoms with Gasteiger partial charge in [-0.3, -0.25) is 10.1 Å². The molecular weight excluding hydrogens is 178 g/mol. The molecule has 0 heterocycles. The molecule has 1 rings (SSSR count). The molecule has 0 amide bonds. The van der Waals surface area contributed by atoms with Gasteiger partial charge in [0, 0.05) is 12.1 Å². The topological polar surface area (TPSA) is 43.1 Å². The molecule has 0 saturated heterocycles. The summed E-state index contributed by atoms with van der Waals surface area (Å²) in [6.45, 7) is 5.74. The molecule has 14 heavy (non-hydrogen) atoms. The average Bonchev–Trinajstić information content (AvgIpc) is 2.18. The average molecular weight is 191 g/mol. The predicted molar refractivity (Wildman–Crippen MR) is 56.3 cm³/mol. The third-order valence-electron chi connectivity index (χ3n) is 2.19. The number of non-ortho nitro benzene ring substituents is 1. The van der Waals surface area contributed by atoms with Gasteiger partial charge in [0.15, 0.2) is 0 Å². The summed E-state index contributed by atoms with van der Waals surface area (Å²) in [4.78, 5) is 10.0. The third-order valence-corrected chi connectivity index (χ3v) is 2.19. The zero-order valence-corrected chi connectivity index (χ0v) is 8.14. The molecule has 1 aromatic carbocycles. The predicted octanol–water partition coefficient (Wildman–Crippen LogP) is 3.27. The minimum atomic E-state index is -0.387. The normalized spacial score (nSPS) is 12.1. The van der Waals surface area contributed by atoms with Crippen molar-refractivity contribution in [1.82, 2.24) is 0 Å². The Bertz CT molecular complexity index is 330. The van der Waals surface area contributed by atoms with Crippen molar-refractivity contribution in [2.75, 3.05) is 0 Å². The van der Waals surface area contributed by atoms with E-state index in [1.54, 1.807) is 12.1 Å². The van der Waals surface area contributed by atoms with Gasteiger partial charge in [0.25, 0.3) is 5.69 Å². The molecule has 0 aromatic heterocycles. The zero-order valence-electron chi connectivity index (χ0n) is 8.14. The number of nitrogens with zero attached hydrogens (tertiary/aromatic N) is 1. The van der Waals surface area contributed by atoms with Crippen LogP contribution < -0.4 is 0 Å². The minimum Gasteiger partial charge on any atom is -0.258 e. The molecule has 0 aliphatic heterocycles. The standard InChI is InChI=1S/C11H13NO2/c1-3-4-9(2)10-5-7-11(8-6-10)12(13)14/h3,5-9H,1,4H2,2H3. The summed E-state index contributed by atoms with van der Waals surface area (Å²) in [6.07, 6.45) is 2.74. The van der Waals surface area contributed by atoms with Gasteiger partial charge in [-0.05, 0) is 17.9 Å². The molecular formula is C11H13NO2. The van der Waals surface area contributed by atoms with Crippen molar-refractivity contribution in [2.45, 2.75) is 19.3 Å². The SMILES string of the molecule is C=CCC(C)c1ccc([N+](=O)[O-])cc1. The van der Waals surface area contributed by atoms with Crippen molar-refractivity contribution < 1.29 is 4.92 Å². The highest BCUT2D eigenvalue weighted by Crippen LogP contribution is 2.21. The van der Waals surface area contributed by atoms with Crippen LogP contribution in [0.2, 0.25) is 0 Å². The van der Waals surface area contributed by atoms with Gasteiger partial charge in [-0.2, -0.15) is 0 Å².